The first-order valence-electron chi connectivity index (χ1n) is 7.61. The van der Waals surface area contributed by atoms with E-state index in [4.69, 9.17) is 9.47 Å². The van der Waals surface area contributed by atoms with Gasteiger partial charge in [-0.1, -0.05) is 6.08 Å². The highest BCUT2D eigenvalue weighted by molar-refractivity contribution is 5.59. The Morgan fingerprint density at radius 1 is 1.29 bits per heavy atom. The number of imidazole rings is 1. The van der Waals surface area contributed by atoms with Gasteiger partial charge in [-0.2, -0.15) is 9.61 Å². The number of nitrogens with zero attached hydrogens (tertiary/aromatic N) is 3. The van der Waals surface area contributed by atoms with Crippen LogP contribution in [0.2, 0.25) is 0 Å². The van der Waals surface area contributed by atoms with Crippen molar-refractivity contribution in [1.29, 1.82) is 0 Å². The van der Waals surface area contributed by atoms with Crippen molar-refractivity contribution in [2.45, 2.75) is 12.8 Å². The second-order valence-corrected chi connectivity index (χ2v) is 5.51. The van der Waals surface area contributed by atoms with Crippen LogP contribution in [0.15, 0.2) is 23.0 Å². The second-order valence-electron chi connectivity index (χ2n) is 5.51. The molecule has 0 atom stereocenters. The predicted molar refractivity (Wildman–Crippen MR) is 88.8 cm³/mol. The lowest BCUT2D eigenvalue weighted by Gasteiger charge is -2.06. The lowest BCUT2D eigenvalue weighted by Crippen LogP contribution is -2.28. The number of nitrogens with one attached hydrogen (secondary N) is 1. The zero-order valence-corrected chi connectivity index (χ0v) is 13.4. The topological polar surface area (TPSA) is 81.5 Å². The summed E-state index contributed by atoms with van der Waals surface area (Å²) in [7, 11) is 3.18. The number of aryl methyl sites for hydroxylation is 1. The van der Waals surface area contributed by atoms with Gasteiger partial charge in [-0.05, 0) is 37.1 Å². The Morgan fingerprint density at radius 2 is 2.17 bits per heavy atom. The molecule has 7 nitrogen and oxygen atoms in total. The Hall–Kier alpha value is -3.09. The van der Waals surface area contributed by atoms with Crippen molar-refractivity contribution in [2.24, 2.45) is 0 Å². The monoisotopic (exact) mass is 324 g/mol. The molecule has 2 aromatic heterocycles. The molecule has 0 radical (unpaired) electrons. The molecule has 0 spiro atoms. The first-order chi connectivity index (χ1) is 11.7. The summed E-state index contributed by atoms with van der Waals surface area (Å²) in [6, 6.07) is 5.42. The molecule has 7 heteroatoms. The maximum absolute atomic E-state index is 12.4. The van der Waals surface area contributed by atoms with Crippen molar-refractivity contribution in [2.75, 3.05) is 14.2 Å². The summed E-state index contributed by atoms with van der Waals surface area (Å²) in [5, 5.41) is 5.81. The maximum atomic E-state index is 12.4. The van der Waals surface area contributed by atoms with Gasteiger partial charge in [-0.15, -0.1) is 0 Å². The Morgan fingerprint density at radius 3 is 2.96 bits per heavy atom. The number of fused-ring (bicyclic) bond motifs is 2. The van der Waals surface area contributed by atoms with Crippen LogP contribution in [-0.4, -0.2) is 33.8 Å². The highest BCUT2D eigenvalue weighted by atomic mass is 16.5. The van der Waals surface area contributed by atoms with Crippen molar-refractivity contribution in [1.82, 2.24) is 19.6 Å². The molecule has 0 bridgehead atoms. The number of benzene rings is 1. The molecular formula is C17H16N4O3. The molecule has 0 amide bonds. The number of aromatic nitrogens is 4. The van der Waals surface area contributed by atoms with E-state index in [1.807, 2.05) is 12.1 Å². The third-order valence-electron chi connectivity index (χ3n) is 4.08. The minimum Gasteiger partial charge on any atom is -0.497 e. The van der Waals surface area contributed by atoms with Crippen LogP contribution in [0.3, 0.4) is 0 Å². The molecule has 4 rings (SSSR count). The van der Waals surface area contributed by atoms with Gasteiger partial charge in [0, 0.05) is 5.56 Å². The van der Waals surface area contributed by atoms with Gasteiger partial charge in [0.1, 0.15) is 16.8 Å². The van der Waals surface area contributed by atoms with E-state index in [9.17, 15) is 4.79 Å². The van der Waals surface area contributed by atoms with E-state index in [2.05, 4.69) is 15.1 Å². The van der Waals surface area contributed by atoms with Crippen LogP contribution < -0.4 is 25.7 Å². The smallest absolute Gasteiger partial charge is 0.276 e. The predicted octanol–water partition coefficient (Wildman–Crippen LogP) is -0.00970. The van der Waals surface area contributed by atoms with E-state index in [0.717, 1.165) is 29.4 Å². The van der Waals surface area contributed by atoms with Crippen LogP contribution >= 0.6 is 0 Å². The fraction of sp³-hybridized carbons (Fsp3) is 0.235. The number of rotatable bonds is 3. The zero-order valence-electron chi connectivity index (χ0n) is 13.4. The third kappa shape index (κ3) is 2.25. The van der Waals surface area contributed by atoms with E-state index < -0.39 is 0 Å². The first-order valence-corrected chi connectivity index (χ1v) is 7.61. The zero-order chi connectivity index (χ0) is 16.7. The van der Waals surface area contributed by atoms with Crippen molar-refractivity contribution >= 4 is 17.9 Å². The van der Waals surface area contributed by atoms with E-state index in [0.29, 0.717) is 22.6 Å². The molecule has 1 aromatic carbocycles. The summed E-state index contributed by atoms with van der Waals surface area (Å²) in [6.07, 6.45) is 5.52. The normalized spacial score (nSPS) is 13.8. The minimum atomic E-state index is -0.247. The minimum absolute atomic E-state index is 0.247. The number of ether oxygens (including phenoxy) is 2. The molecule has 0 saturated carbocycles. The van der Waals surface area contributed by atoms with Gasteiger partial charge in [0.15, 0.2) is 0 Å². The average molecular weight is 324 g/mol. The molecule has 2 heterocycles. The molecule has 0 saturated heterocycles. The second kappa shape index (κ2) is 5.52. The molecule has 0 unspecified atom stereocenters. The summed E-state index contributed by atoms with van der Waals surface area (Å²) in [6.45, 7) is 0. The van der Waals surface area contributed by atoms with E-state index in [-0.39, 0.29) is 5.56 Å². The highest BCUT2D eigenvalue weighted by Crippen LogP contribution is 2.24. The van der Waals surface area contributed by atoms with Crippen LogP contribution in [0.25, 0.3) is 17.9 Å². The summed E-state index contributed by atoms with van der Waals surface area (Å²) >= 11 is 0. The van der Waals surface area contributed by atoms with E-state index >= 15 is 0 Å². The van der Waals surface area contributed by atoms with Gasteiger partial charge in [0.2, 0.25) is 5.78 Å². The van der Waals surface area contributed by atoms with Crippen molar-refractivity contribution in [3.8, 4) is 11.5 Å². The maximum Gasteiger partial charge on any atom is 0.276 e. The lowest BCUT2D eigenvalue weighted by atomic mass is 10.1. The van der Waals surface area contributed by atoms with E-state index in [1.165, 1.54) is 0 Å². The van der Waals surface area contributed by atoms with Gasteiger partial charge in [0.05, 0.1) is 25.3 Å². The van der Waals surface area contributed by atoms with Gasteiger partial charge < -0.3 is 9.47 Å². The van der Waals surface area contributed by atoms with Gasteiger partial charge in [-0.25, -0.2) is 4.98 Å². The average Bonchev–Trinajstić information content (AvgIpc) is 3.17. The molecule has 0 aliphatic heterocycles. The van der Waals surface area contributed by atoms with Crippen LogP contribution in [0, 0.1) is 0 Å². The summed E-state index contributed by atoms with van der Waals surface area (Å²) in [5.74, 6) is 1.76. The molecule has 1 aliphatic carbocycles. The standard InChI is InChI=1S/C17H16N4O3/c1-23-11-6-7-15(24-2)10(8-11)9-14-16(22)19-17-18-12-4-3-5-13(12)20-21(14)17/h4,6-9H,3,5H2,1-2H3,(H,18,19,22)/b14-9-. The van der Waals surface area contributed by atoms with Crippen LogP contribution in [0.4, 0.5) is 0 Å². The van der Waals surface area contributed by atoms with Gasteiger partial charge in [0.25, 0.3) is 5.56 Å². The molecule has 3 aromatic rings. The number of methoxy groups -OCH3 is 2. The summed E-state index contributed by atoms with van der Waals surface area (Å²) in [4.78, 5) is 19.6. The van der Waals surface area contributed by atoms with E-state index in [1.54, 1.807) is 36.9 Å². The lowest BCUT2D eigenvalue weighted by molar-refractivity contribution is 0.402. The molecular weight excluding hydrogens is 308 g/mol. The molecule has 122 valence electrons. The number of hydrogen-bond acceptors (Lipinski definition) is 5. The Labute approximate surface area is 136 Å². The fourth-order valence-corrected chi connectivity index (χ4v) is 2.87. The van der Waals surface area contributed by atoms with Crippen LogP contribution in [-0.2, 0) is 6.42 Å². The third-order valence-corrected chi connectivity index (χ3v) is 4.08. The quantitative estimate of drug-likeness (QED) is 0.733. The summed E-state index contributed by atoms with van der Waals surface area (Å²) in [5.41, 5.74) is 1.39. The number of H-pyrrole nitrogens is 1. The fourth-order valence-electron chi connectivity index (χ4n) is 2.87. The Kier molecular flexibility index (Phi) is 3.34. The summed E-state index contributed by atoms with van der Waals surface area (Å²) < 4.78 is 12.2. The number of hydrogen-bond donors (Lipinski definition) is 1. The largest absolute Gasteiger partial charge is 0.497 e. The Bertz CT molecular complexity index is 1110. The highest BCUT2D eigenvalue weighted by Gasteiger charge is 2.12. The molecule has 1 N–H and O–H groups in total. The molecule has 24 heavy (non-hydrogen) atoms. The molecule has 1 aliphatic rings. The number of aromatic amines is 1. The SMILES string of the molecule is COc1ccc(OC)c(/C=c2/c(=O)[nH]c3nc4c(nn23)CCC=4)c1. The van der Waals surface area contributed by atoms with Crippen LogP contribution in [0.5, 0.6) is 11.5 Å². The van der Waals surface area contributed by atoms with Gasteiger partial charge in [-0.3, -0.25) is 9.78 Å². The van der Waals surface area contributed by atoms with Crippen molar-refractivity contribution in [3.05, 3.63) is 50.5 Å². The van der Waals surface area contributed by atoms with Crippen molar-refractivity contribution < 1.29 is 9.47 Å². The van der Waals surface area contributed by atoms with Gasteiger partial charge >= 0.3 is 0 Å². The van der Waals surface area contributed by atoms with Crippen LogP contribution in [0.1, 0.15) is 17.7 Å². The first kappa shape index (κ1) is 14.5. The van der Waals surface area contributed by atoms with Crippen molar-refractivity contribution in [3.63, 3.8) is 0 Å². The molecule has 0 fully saturated rings. The Balaban J connectivity index is 2.00.